The van der Waals surface area contributed by atoms with Crippen LogP contribution in [-0.2, 0) is 16.1 Å². The van der Waals surface area contributed by atoms with Gasteiger partial charge in [-0.2, -0.15) is 0 Å². The van der Waals surface area contributed by atoms with Crippen molar-refractivity contribution >= 4 is 35.0 Å². The Morgan fingerprint density at radius 3 is 2.72 bits per heavy atom. The fourth-order valence-corrected chi connectivity index (χ4v) is 4.23. The zero-order chi connectivity index (χ0) is 22.3. The van der Waals surface area contributed by atoms with Gasteiger partial charge < -0.3 is 14.8 Å². The summed E-state index contributed by atoms with van der Waals surface area (Å²) in [5.41, 5.74) is 1.58. The van der Waals surface area contributed by atoms with Crippen LogP contribution in [0.2, 0.25) is 5.02 Å². The summed E-state index contributed by atoms with van der Waals surface area (Å²) >= 11 is 7.42. The lowest BCUT2D eigenvalue weighted by Gasteiger charge is -2.26. The summed E-state index contributed by atoms with van der Waals surface area (Å²) in [6.45, 7) is 3.76. The molecule has 1 aromatic heterocycles. The van der Waals surface area contributed by atoms with Gasteiger partial charge in [0.25, 0.3) is 0 Å². The number of amides is 1. The lowest BCUT2D eigenvalue weighted by atomic mass is 10.3. The maximum Gasteiger partial charge on any atom is 0.234 e. The number of hydrogen-bond donors (Lipinski definition) is 1. The molecular formula is C22H24ClN5O3S. The van der Waals surface area contributed by atoms with Gasteiger partial charge in [0.2, 0.25) is 5.91 Å². The summed E-state index contributed by atoms with van der Waals surface area (Å²) in [7, 11) is 1.59. The number of methoxy groups -OCH3 is 1. The van der Waals surface area contributed by atoms with Crippen LogP contribution in [0.3, 0.4) is 0 Å². The van der Waals surface area contributed by atoms with Gasteiger partial charge in [-0.3, -0.25) is 14.3 Å². The molecule has 0 unspecified atom stereocenters. The predicted molar refractivity (Wildman–Crippen MR) is 125 cm³/mol. The van der Waals surface area contributed by atoms with Crippen molar-refractivity contribution in [1.29, 1.82) is 0 Å². The number of rotatable bonds is 8. The van der Waals surface area contributed by atoms with Crippen LogP contribution in [-0.4, -0.2) is 64.7 Å². The van der Waals surface area contributed by atoms with Gasteiger partial charge >= 0.3 is 0 Å². The van der Waals surface area contributed by atoms with Gasteiger partial charge in [0.1, 0.15) is 5.75 Å². The van der Waals surface area contributed by atoms with Gasteiger partial charge in [0.05, 0.1) is 32.6 Å². The van der Waals surface area contributed by atoms with Crippen LogP contribution >= 0.6 is 23.4 Å². The fraction of sp³-hybridized carbons (Fsp3) is 0.318. The second-order valence-electron chi connectivity index (χ2n) is 7.17. The third-order valence-electron chi connectivity index (χ3n) is 4.94. The second kappa shape index (κ2) is 10.8. The molecule has 0 saturated carbocycles. The average molecular weight is 474 g/mol. The SMILES string of the molecule is COc1cccc(NC(=O)CSc2nnc(CN3CCOCC3)n2-c2ccc(Cl)cc2)c1. The lowest BCUT2D eigenvalue weighted by Crippen LogP contribution is -2.36. The van der Waals surface area contributed by atoms with Gasteiger partial charge in [-0.1, -0.05) is 29.4 Å². The van der Waals surface area contributed by atoms with E-state index in [2.05, 4.69) is 20.4 Å². The molecule has 1 amide bonds. The third-order valence-corrected chi connectivity index (χ3v) is 6.12. The van der Waals surface area contributed by atoms with Crippen molar-refractivity contribution in [3.8, 4) is 11.4 Å². The smallest absolute Gasteiger partial charge is 0.234 e. The zero-order valence-electron chi connectivity index (χ0n) is 17.7. The summed E-state index contributed by atoms with van der Waals surface area (Å²) in [5.74, 6) is 1.56. The van der Waals surface area contributed by atoms with Crippen LogP contribution in [0.25, 0.3) is 5.69 Å². The number of anilines is 1. The summed E-state index contributed by atoms with van der Waals surface area (Å²) < 4.78 is 12.6. The van der Waals surface area contributed by atoms with Crippen molar-refractivity contribution in [3.63, 3.8) is 0 Å². The van der Waals surface area contributed by atoms with Crippen LogP contribution in [0.1, 0.15) is 5.82 Å². The van der Waals surface area contributed by atoms with Crippen molar-refractivity contribution in [2.24, 2.45) is 0 Å². The number of nitrogens with zero attached hydrogens (tertiary/aromatic N) is 4. The maximum atomic E-state index is 12.5. The fourth-order valence-electron chi connectivity index (χ4n) is 3.33. The Labute approximate surface area is 195 Å². The number of halogens is 1. The van der Waals surface area contributed by atoms with E-state index in [1.165, 1.54) is 11.8 Å². The number of hydrogen-bond acceptors (Lipinski definition) is 7. The number of carbonyl (C=O) groups excluding carboxylic acids is 1. The van der Waals surface area contributed by atoms with Gasteiger partial charge in [-0.25, -0.2) is 0 Å². The quantitative estimate of drug-likeness (QED) is 0.501. The van der Waals surface area contributed by atoms with Crippen LogP contribution in [0.4, 0.5) is 5.69 Å². The molecule has 1 fully saturated rings. The Balaban J connectivity index is 1.49. The first-order valence-corrected chi connectivity index (χ1v) is 11.6. The van der Waals surface area contributed by atoms with E-state index in [4.69, 9.17) is 21.1 Å². The van der Waals surface area contributed by atoms with Crippen molar-refractivity contribution < 1.29 is 14.3 Å². The Morgan fingerprint density at radius 2 is 1.97 bits per heavy atom. The summed E-state index contributed by atoms with van der Waals surface area (Å²) in [6, 6.07) is 14.8. The van der Waals surface area contributed by atoms with Crippen LogP contribution in [0.5, 0.6) is 5.75 Å². The van der Waals surface area contributed by atoms with Crippen molar-refractivity contribution in [1.82, 2.24) is 19.7 Å². The molecule has 10 heteroatoms. The number of morpholine rings is 1. The summed E-state index contributed by atoms with van der Waals surface area (Å²) in [6.07, 6.45) is 0. The molecule has 0 bridgehead atoms. The molecule has 1 aliphatic rings. The first-order valence-electron chi connectivity index (χ1n) is 10.2. The molecule has 3 aromatic rings. The predicted octanol–water partition coefficient (Wildman–Crippen LogP) is 3.49. The Bertz CT molecular complexity index is 1050. The standard InChI is InChI=1S/C22H24ClN5O3S/c1-30-19-4-2-3-17(13-19)24-21(29)15-32-22-26-25-20(14-27-9-11-31-12-10-27)28(22)18-7-5-16(23)6-8-18/h2-8,13H,9-12,14-15H2,1H3,(H,24,29). The second-order valence-corrected chi connectivity index (χ2v) is 8.55. The Morgan fingerprint density at radius 1 is 1.19 bits per heavy atom. The van der Waals surface area contributed by atoms with E-state index < -0.39 is 0 Å². The minimum Gasteiger partial charge on any atom is -0.497 e. The van der Waals surface area contributed by atoms with Crippen LogP contribution in [0, 0.1) is 0 Å². The van der Waals surface area contributed by atoms with E-state index in [1.807, 2.05) is 47.0 Å². The highest BCUT2D eigenvalue weighted by atomic mass is 35.5. The van der Waals surface area contributed by atoms with E-state index >= 15 is 0 Å². The molecule has 0 atom stereocenters. The van der Waals surface area contributed by atoms with E-state index in [9.17, 15) is 4.79 Å². The van der Waals surface area contributed by atoms with E-state index in [-0.39, 0.29) is 11.7 Å². The van der Waals surface area contributed by atoms with Gasteiger partial charge in [0.15, 0.2) is 11.0 Å². The Kier molecular flexibility index (Phi) is 7.64. The van der Waals surface area contributed by atoms with Gasteiger partial charge in [-0.05, 0) is 36.4 Å². The highest BCUT2D eigenvalue weighted by Crippen LogP contribution is 2.25. The topological polar surface area (TPSA) is 81.5 Å². The minimum absolute atomic E-state index is 0.136. The number of ether oxygens (including phenoxy) is 2. The number of thioether (sulfide) groups is 1. The molecule has 1 aliphatic heterocycles. The molecule has 2 heterocycles. The number of benzene rings is 2. The molecule has 0 spiro atoms. The number of carbonyl (C=O) groups is 1. The molecule has 1 saturated heterocycles. The zero-order valence-corrected chi connectivity index (χ0v) is 19.2. The largest absolute Gasteiger partial charge is 0.497 e. The summed E-state index contributed by atoms with van der Waals surface area (Å²) in [4.78, 5) is 14.8. The molecule has 8 nitrogen and oxygen atoms in total. The first-order chi connectivity index (χ1) is 15.6. The van der Waals surface area contributed by atoms with Crippen LogP contribution < -0.4 is 10.1 Å². The maximum absolute atomic E-state index is 12.5. The molecule has 2 aromatic carbocycles. The lowest BCUT2D eigenvalue weighted by molar-refractivity contribution is -0.113. The van der Waals surface area contributed by atoms with Crippen molar-refractivity contribution in [3.05, 3.63) is 59.4 Å². The van der Waals surface area contributed by atoms with Gasteiger partial charge in [-0.15, -0.1) is 10.2 Å². The average Bonchev–Trinajstić information content (AvgIpc) is 3.21. The van der Waals surface area contributed by atoms with E-state index in [0.717, 1.165) is 24.6 Å². The molecule has 4 rings (SSSR count). The number of nitrogens with one attached hydrogen (secondary N) is 1. The van der Waals surface area contributed by atoms with Crippen molar-refractivity contribution in [2.45, 2.75) is 11.7 Å². The molecular weight excluding hydrogens is 450 g/mol. The minimum atomic E-state index is -0.136. The monoisotopic (exact) mass is 473 g/mol. The van der Waals surface area contributed by atoms with E-state index in [0.29, 0.717) is 41.4 Å². The molecule has 0 radical (unpaired) electrons. The highest BCUT2D eigenvalue weighted by molar-refractivity contribution is 7.99. The highest BCUT2D eigenvalue weighted by Gasteiger charge is 2.19. The first kappa shape index (κ1) is 22.6. The molecule has 0 aliphatic carbocycles. The van der Waals surface area contributed by atoms with Crippen molar-refractivity contribution in [2.75, 3.05) is 44.5 Å². The van der Waals surface area contributed by atoms with Gasteiger partial charge in [0, 0.05) is 35.6 Å². The normalized spacial score (nSPS) is 14.3. The third kappa shape index (κ3) is 5.80. The summed E-state index contributed by atoms with van der Waals surface area (Å²) in [5, 5.41) is 13.0. The van der Waals surface area contributed by atoms with Crippen LogP contribution in [0.15, 0.2) is 53.7 Å². The Hall–Kier alpha value is -2.59. The molecule has 168 valence electrons. The molecule has 32 heavy (non-hydrogen) atoms. The molecule has 1 N–H and O–H groups in total. The number of aromatic nitrogens is 3. The van der Waals surface area contributed by atoms with E-state index in [1.54, 1.807) is 13.2 Å².